The van der Waals surface area contributed by atoms with Crippen LogP contribution >= 0.6 is 11.8 Å². The maximum Gasteiger partial charge on any atom is 0.353 e. The molecule has 2 heterocycles. The first-order chi connectivity index (χ1) is 12.1. The molecule has 1 fully saturated rings. The Morgan fingerprint density at radius 1 is 1.35 bits per heavy atom. The fraction of sp³-hybridized carbons (Fsp3) is 0.625. The summed E-state index contributed by atoms with van der Waals surface area (Å²) in [7, 11) is 0. The topological polar surface area (TPSA) is 142 Å². The van der Waals surface area contributed by atoms with Crippen LogP contribution in [-0.2, 0) is 19.2 Å². The van der Waals surface area contributed by atoms with Crippen molar-refractivity contribution in [2.24, 2.45) is 17.6 Å². The number of thioether (sulfide) groups is 1. The van der Waals surface area contributed by atoms with Crippen molar-refractivity contribution < 1.29 is 24.3 Å². The van der Waals surface area contributed by atoms with Gasteiger partial charge in [-0.15, -0.1) is 11.8 Å². The monoisotopic (exact) mass is 384 g/mol. The number of amides is 3. The third-order valence-corrected chi connectivity index (χ3v) is 5.78. The highest BCUT2D eigenvalue weighted by Gasteiger charge is 2.60. The maximum absolute atomic E-state index is 12.5. The van der Waals surface area contributed by atoms with Crippen LogP contribution in [0.4, 0.5) is 0 Å². The minimum atomic E-state index is -1.12. The van der Waals surface area contributed by atoms with Crippen molar-refractivity contribution in [1.82, 2.24) is 15.5 Å². The average Bonchev–Trinajstić information content (AvgIpc) is 2.81. The van der Waals surface area contributed by atoms with Gasteiger partial charge < -0.3 is 26.4 Å². The molecule has 26 heavy (non-hydrogen) atoms. The number of carboxylic acid groups (broad SMARTS) is 1. The van der Waals surface area contributed by atoms with Crippen LogP contribution in [0.15, 0.2) is 10.6 Å². The molecule has 144 valence electrons. The van der Waals surface area contributed by atoms with Crippen LogP contribution < -0.4 is 16.4 Å². The average molecular weight is 384 g/mol. The molecular formula is C16H24N4O5S. The molecule has 3 amide bonds. The van der Waals surface area contributed by atoms with Gasteiger partial charge in [-0.2, -0.15) is 0 Å². The van der Waals surface area contributed by atoms with Gasteiger partial charge in [-0.3, -0.25) is 14.4 Å². The van der Waals surface area contributed by atoms with Gasteiger partial charge in [-0.25, -0.2) is 4.79 Å². The van der Waals surface area contributed by atoms with E-state index >= 15 is 0 Å². The van der Waals surface area contributed by atoms with Gasteiger partial charge in [0.1, 0.15) is 5.70 Å². The third-order valence-electron chi connectivity index (χ3n) is 4.78. The molecule has 2 aliphatic rings. The highest BCUT2D eigenvalue weighted by atomic mass is 32.2. The lowest BCUT2D eigenvalue weighted by atomic mass is 9.78. The van der Waals surface area contributed by atoms with E-state index in [1.54, 1.807) is 13.2 Å². The number of rotatable bonds is 7. The van der Waals surface area contributed by atoms with Crippen molar-refractivity contribution in [3.05, 3.63) is 10.6 Å². The second-order valence-electron chi connectivity index (χ2n) is 6.60. The molecule has 2 rings (SSSR count). The van der Waals surface area contributed by atoms with Gasteiger partial charge in [0.05, 0.1) is 24.5 Å². The molecule has 0 radical (unpaired) electrons. The normalized spacial score (nSPS) is 26.7. The first-order valence-corrected chi connectivity index (χ1v) is 9.51. The quantitative estimate of drug-likeness (QED) is 0.416. The number of hydrogen-bond donors (Lipinski definition) is 4. The van der Waals surface area contributed by atoms with E-state index in [-0.39, 0.29) is 30.1 Å². The Morgan fingerprint density at radius 2 is 1.96 bits per heavy atom. The highest BCUT2D eigenvalue weighted by Crippen LogP contribution is 2.49. The number of nitrogens with zero attached hydrogens (tertiary/aromatic N) is 1. The summed E-state index contributed by atoms with van der Waals surface area (Å²) >= 11 is 1.33. The van der Waals surface area contributed by atoms with E-state index in [2.05, 4.69) is 10.6 Å². The summed E-state index contributed by atoms with van der Waals surface area (Å²) in [6.07, 6.45) is 1.78. The lowest BCUT2D eigenvalue weighted by Crippen LogP contribution is -2.66. The molecule has 0 bridgehead atoms. The van der Waals surface area contributed by atoms with Crippen molar-refractivity contribution in [2.45, 2.75) is 38.9 Å². The summed E-state index contributed by atoms with van der Waals surface area (Å²) in [4.78, 5) is 49.4. The second-order valence-corrected chi connectivity index (χ2v) is 7.45. The zero-order chi connectivity index (χ0) is 19.8. The van der Waals surface area contributed by atoms with Crippen molar-refractivity contribution in [3.63, 3.8) is 0 Å². The first-order valence-electron chi connectivity index (χ1n) is 8.29. The number of nitrogens with one attached hydrogen (secondary N) is 2. The lowest BCUT2D eigenvalue weighted by Gasteiger charge is -2.47. The predicted octanol–water partition coefficient (Wildman–Crippen LogP) is -0.910. The number of carbonyl (C=O) groups excluding carboxylic acids is 3. The van der Waals surface area contributed by atoms with E-state index in [1.165, 1.54) is 23.6 Å². The Labute approximate surface area is 155 Å². The van der Waals surface area contributed by atoms with Gasteiger partial charge in [-0.05, 0) is 20.1 Å². The van der Waals surface area contributed by atoms with Crippen LogP contribution in [0.1, 0.15) is 20.8 Å². The number of aliphatic carboxylic acids is 1. The van der Waals surface area contributed by atoms with E-state index in [4.69, 9.17) is 5.73 Å². The standard InChI is InChI=1S/C16H24N4O5S/c1-6-11-10(8(3)19-9(21)5-18-14(22)7(2)17)15(23)20(11)12(16(24)25)13(6)26-4/h6-8,10-11H,5,17H2,1-4H3,(H,18,22)(H,19,21)(H,24,25)/t6-,7+,8-,10-,11-/m1/s1. The molecule has 0 aromatic carbocycles. The molecule has 10 heteroatoms. The minimum absolute atomic E-state index is 0.0407. The molecule has 0 aliphatic carbocycles. The van der Waals surface area contributed by atoms with Gasteiger partial charge in [0.15, 0.2) is 0 Å². The Kier molecular flexibility index (Phi) is 5.97. The molecule has 9 nitrogen and oxygen atoms in total. The Morgan fingerprint density at radius 3 is 2.46 bits per heavy atom. The van der Waals surface area contributed by atoms with E-state index in [0.717, 1.165) is 0 Å². The summed E-state index contributed by atoms with van der Waals surface area (Å²) in [5, 5.41) is 14.5. The molecule has 0 spiro atoms. The number of nitrogens with two attached hydrogens (primary N) is 1. The summed E-state index contributed by atoms with van der Waals surface area (Å²) in [5.74, 6) is -2.92. The predicted molar refractivity (Wildman–Crippen MR) is 95.7 cm³/mol. The molecule has 0 aromatic heterocycles. The van der Waals surface area contributed by atoms with Crippen LogP contribution in [0.2, 0.25) is 0 Å². The van der Waals surface area contributed by atoms with E-state index in [9.17, 15) is 24.3 Å². The zero-order valence-electron chi connectivity index (χ0n) is 15.1. The lowest BCUT2D eigenvalue weighted by molar-refractivity contribution is -0.158. The Hall–Kier alpha value is -2.07. The van der Waals surface area contributed by atoms with Gasteiger partial charge in [0.2, 0.25) is 17.7 Å². The van der Waals surface area contributed by atoms with Gasteiger partial charge in [-0.1, -0.05) is 6.92 Å². The fourth-order valence-electron chi connectivity index (χ4n) is 3.54. The molecule has 1 saturated heterocycles. The molecule has 0 unspecified atom stereocenters. The van der Waals surface area contributed by atoms with Crippen LogP contribution in [-0.4, -0.2) is 64.6 Å². The summed E-state index contributed by atoms with van der Waals surface area (Å²) in [6.45, 7) is 4.87. The van der Waals surface area contributed by atoms with Crippen molar-refractivity contribution in [3.8, 4) is 0 Å². The minimum Gasteiger partial charge on any atom is -0.477 e. The van der Waals surface area contributed by atoms with Crippen LogP contribution in [0.3, 0.4) is 0 Å². The smallest absolute Gasteiger partial charge is 0.353 e. The molecule has 0 aromatic rings. The fourth-order valence-corrected chi connectivity index (χ4v) is 4.43. The van der Waals surface area contributed by atoms with Crippen LogP contribution in [0.5, 0.6) is 0 Å². The molecule has 2 aliphatic heterocycles. The summed E-state index contributed by atoms with van der Waals surface area (Å²) < 4.78 is 0. The Balaban J connectivity index is 2.01. The zero-order valence-corrected chi connectivity index (χ0v) is 15.9. The van der Waals surface area contributed by atoms with E-state index < -0.39 is 35.8 Å². The van der Waals surface area contributed by atoms with Crippen molar-refractivity contribution >= 4 is 35.5 Å². The third kappa shape index (κ3) is 3.43. The van der Waals surface area contributed by atoms with E-state index in [0.29, 0.717) is 4.91 Å². The number of β-lactam (4-membered cyclic amide) rings is 1. The van der Waals surface area contributed by atoms with Gasteiger partial charge >= 0.3 is 5.97 Å². The number of carboxylic acids is 1. The maximum atomic E-state index is 12.5. The summed E-state index contributed by atoms with van der Waals surface area (Å²) in [6, 6.07) is -1.49. The SMILES string of the molecule is CSC1=C(C(=O)O)N2C(=O)[C@H]([C@@H](C)NC(=O)CNC(=O)[C@H](C)N)[C@H]2[C@H]1C. The highest BCUT2D eigenvalue weighted by molar-refractivity contribution is 8.02. The first kappa shape index (κ1) is 20.2. The van der Waals surface area contributed by atoms with Crippen molar-refractivity contribution in [2.75, 3.05) is 12.8 Å². The summed E-state index contributed by atoms with van der Waals surface area (Å²) in [5.41, 5.74) is 5.45. The van der Waals surface area contributed by atoms with Gasteiger partial charge in [0.25, 0.3) is 0 Å². The second kappa shape index (κ2) is 7.67. The van der Waals surface area contributed by atoms with Gasteiger partial charge in [0, 0.05) is 16.9 Å². The number of hydrogen-bond acceptors (Lipinski definition) is 6. The molecule has 0 saturated carbocycles. The van der Waals surface area contributed by atoms with Crippen LogP contribution in [0.25, 0.3) is 0 Å². The van der Waals surface area contributed by atoms with E-state index in [1.807, 2.05) is 6.92 Å². The number of fused-ring (bicyclic) bond motifs is 1. The Bertz CT molecular complexity index is 678. The largest absolute Gasteiger partial charge is 0.477 e. The van der Waals surface area contributed by atoms with Crippen LogP contribution in [0, 0.1) is 11.8 Å². The molecule has 5 N–H and O–H groups in total. The van der Waals surface area contributed by atoms with Crippen molar-refractivity contribution in [1.29, 1.82) is 0 Å². The number of carbonyl (C=O) groups is 4. The molecular weight excluding hydrogens is 360 g/mol. The molecule has 5 atom stereocenters.